The molecule has 21 heavy (non-hydrogen) atoms. The monoisotopic (exact) mass is 283 g/mol. The molecule has 0 aliphatic carbocycles. The van der Waals surface area contributed by atoms with Crippen LogP contribution in [0.1, 0.15) is 23.6 Å². The molecule has 0 aliphatic rings. The average molecular weight is 283 g/mol. The van der Waals surface area contributed by atoms with E-state index in [-0.39, 0.29) is 5.91 Å². The van der Waals surface area contributed by atoms with Gasteiger partial charge in [0.15, 0.2) is 6.10 Å². The summed E-state index contributed by atoms with van der Waals surface area (Å²) in [6.45, 7) is 7.79. The van der Waals surface area contributed by atoms with Gasteiger partial charge >= 0.3 is 0 Å². The van der Waals surface area contributed by atoms with Gasteiger partial charge in [0.2, 0.25) is 0 Å². The third-order valence-electron chi connectivity index (χ3n) is 3.54. The number of nitrogens with one attached hydrogen (secondary N) is 1. The zero-order valence-corrected chi connectivity index (χ0v) is 12.9. The molecule has 3 nitrogen and oxygen atoms in total. The molecular weight excluding hydrogens is 262 g/mol. The van der Waals surface area contributed by atoms with E-state index in [0.717, 1.165) is 22.6 Å². The summed E-state index contributed by atoms with van der Waals surface area (Å²) in [5.74, 6) is 0.585. The Bertz CT molecular complexity index is 649. The highest BCUT2D eigenvalue weighted by molar-refractivity contribution is 5.94. The molecule has 1 amide bonds. The number of hydrogen-bond donors (Lipinski definition) is 1. The lowest BCUT2D eigenvalue weighted by atomic mass is 10.1. The smallest absolute Gasteiger partial charge is 0.265 e. The van der Waals surface area contributed by atoms with Gasteiger partial charge in [0, 0.05) is 5.69 Å². The lowest BCUT2D eigenvalue weighted by molar-refractivity contribution is -0.122. The topological polar surface area (TPSA) is 38.3 Å². The predicted octanol–water partition coefficient (Wildman–Crippen LogP) is 4.02. The molecule has 1 atom stereocenters. The third-order valence-corrected chi connectivity index (χ3v) is 3.54. The van der Waals surface area contributed by atoms with Crippen LogP contribution in [0.3, 0.4) is 0 Å². The molecule has 2 aromatic rings. The molecule has 0 aliphatic heterocycles. The van der Waals surface area contributed by atoms with E-state index in [1.165, 1.54) is 5.56 Å². The maximum Gasteiger partial charge on any atom is 0.265 e. The Labute approximate surface area is 126 Å². The van der Waals surface area contributed by atoms with E-state index in [4.69, 9.17) is 4.74 Å². The van der Waals surface area contributed by atoms with E-state index >= 15 is 0 Å². The number of benzene rings is 2. The number of amides is 1. The predicted molar refractivity (Wildman–Crippen MR) is 85.8 cm³/mol. The van der Waals surface area contributed by atoms with Gasteiger partial charge in [-0.2, -0.15) is 0 Å². The van der Waals surface area contributed by atoms with Crippen LogP contribution in [-0.2, 0) is 4.79 Å². The summed E-state index contributed by atoms with van der Waals surface area (Å²) in [5, 5.41) is 2.89. The van der Waals surface area contributed by atoms with Gasteiger partial charge in [0.1, 0.15) is 5.75 Å². The van der Waals surface area contributed by atoms with Crippen LogP contribution in [0.2, 0.25) is 0 Å². The summed E-state index contributed by atoms with van der Waals surface area (Å²) in [7, 11) is 0. The van der Waals surface area contributed by atoms with Crippen molar-refractivity contribution in [3.8, 4) is 5.75 Å². The number of aryl methyl sites for hydroxylation is 3. The highest BCUT2D eigenvalue weighted by atomic mass is 16.5. The lowest BCUT2D eigenvalue weighted by Gasteiger charge is -2.16. The molecule has 0 bridgehead atoms. The molecule has 0 saturated heterocycles. The Balaban J connectivity index is 2.02. The second-order valence-electron chi connectivity index (χ2n) is 5.31. The first kappa shape index (κ1) is 15.1. The van der Waals surface area contributed by atoms with E-state index in [1.807, 2.05) is 63.2 Å². The van der Waals surface area contributed by atoms with Crippen LogP contribution in [0.15, 0.2) is 42.5 Å². The van der Waals surface area contributed by atoms with Gasteiger partial charge < -0.3 is 10.1 Å². The van der Waals surface area contributed by atoms with Crippen LogP contribution < -0.4 is 10.1 Å². The summed E-state index contributed by atoms with van der Waals surface area (Å²) >= 11 is 0. The number of anilines is 1. The normalized spacial score (nSPS) is 11.8. The minimum Gasteiger partial charge on any atom is -0.481 e. The van der Waals surface area contributed by atoms with Crippen LogP contribution in [0.25, 0.3) is 0 Å². The highest BCUT2D eigenvalue weighted by Crippen LogP contribution is 2.19. The van der Waals surface area contributed by atoms with E-state index < -0.39 is 6.10 Å². The number of ether oxygens (including phenoxy) is 1. The van der Waals surface area contributed by atoms with Crippen molar-refractivity contribution in [2.24, 2.45) is 0 Å². The van der Waals surface area contributed by atoms with Crippen LogP contribution >= 0.6 is 0 Å². The Morgan fingerprint density at radius 3 is 2.38 bits per heavy atom. The fourth-order valence-electron chi connectivity index (χ4n) is 2.00. The SMILES string of the molecule is Cc1ccc(NC(=O)[C@H](C)Oc2ccccc2C)cc1C. The second-order valence-corrected chi connectivity index (χ2v) is 5.31. The number of rotatable bonds is 4. The Hall–Kier alpha value is -2.29. The zero-order valence-electron chi connectivity index (χ0n) is 12.9. The van der Waals surface area contributed by atoms with E-state index in [9.17, 15) is 4.79 Å². The van der Waals surface area contributed by atoms with Gasteiger partial charge in [-0.25, -0.2) is 0 Å². The fourth-order valence-corrected chi connectivity index (χ4v) is 2.00. The van der Waals surface area contributed by atoms with Gasteiger partial charge in [0.25, 0.3) is 5.91 Å². The first-order valence-corrected chi connectivity index (χ1v) is 7.08. The molecule has 0 aromatic heterocycles. The summed E-state index contributed by atoms with van der Waals surface area (Å²) in [5.41, 5.74) is 4.17. The van der Waals surface area contributed by atoms with E-state index in [0.29, 0.717) is 0 Å². The standard InChI is InChI=1S/C18H21NO2/c1-12-9-10-16(11-14(12)3)19-18(20)15(4)21-17-8-6-5-7-13(17)2/h5-11,15H,1-4H3,(H,19,20)/t15-/m0/s1. The summed E-state index contributed by atoms with van der Waals surface area (Å²) in [6.07, 6.45) is -0.548. The van der Waals surface area contributed by atoms with Crippen molar-refractivity contribution in [3.05, 3.63) is 59.2 Å². The maximum atomic E-state index is 12.2. The van der Waals surface area contributed by atoms with Gasteiger partial charge in [-0.3, -0.25) is 4.79 Å². The van der Waals surface area contributed by atoms with Crippen molar-refractivity contribution in [2.75, 3.05) is 5.32 Å². The fraction of sp³-hybridized carbons (Fsp3) is 0.278. The first-order valence-electron chi connectivity index (χ1n) is 7.08. The lowest BCUT2D eigenvalue weighted by Crippen LogP contribution is -2.30. The molecule has 3 heteroatoms. The van der Waals surface area contributed by atoms with Crippen molar-refractivity contribution >= 4 is 11.6 Å². The minimum atomic E-state index is -0.548. The van der Waals surface area contributed by atoms with Crippen molar-refractivity contribution in [2.45, 2.75) is 33.8 Å². The largest absolute Gasteiger partial charge is 0.481 e. The molecule has 0 heterocycles. The zero-order chi connectivity index (χ0) is 15.4. The van der Waals surface area contributed by atoms with Crippen molar-refractivity contribution in [3.63, 3.8) is 0 Å². The van der Waals surface area contributed by atoms with E-state index in [2.05, 4.69) is 5.32 Å². The number of carbonyl (C=O) groups is 1. The average Bonchev–Trinajstić information content (AvgIpc) is 2.45. The van der Waals surface area contributed by atoms with Gasteiger partial charge in [0.05, 0.1) is 0 Å². The number of carbonyl (C=O) groups excluding carboxylic acids is 1. The molecule has 1 N–H and O–H groups in total. The first-order chi connectivity index (χ1) is 9.97. The van der Waals surface area contributed by atoms with Gasteiger partial charge in [-0.1, -0.05) is 24.3 Å². The number of para-hydroxylation sites is 1. The third kappa shape index (κ3) is 3.85. The molecule has 0 fully saturated rings. The van der Waals surface area contributed by atoms with Crippen molar-refractivity contribution < 1.29 is 9.53 Å². The maximum absolute atomic E-state index is 12.2. The van der Waals surface area contributed by atoms with Crippen molar-refractivity contribution in [1.29, 1.82) is 0 Å². The molecule has 0 unspecified atom stereocenters. The quantitative estimate of drug-likeness (QED) is 0.920. The Kier molecular flexibility index (Phi) is 4.63. The summed E-state index contributed by atoms with van der Waals surface area (Å²) in [4.78, 5) is 12.2. The molecule has 0 spiro atoms. The number of hydrogen-bond acceptors (Lipinski definition) is 2. The summed E-state index contributed by atoms with van der Waals surface area (Å²) in [6, 6.07) is 13.5. The van der Waals surface area contributed by atoms with Crippen LogP contribution in [0.5, 0.6) is 5.75 Å². The molecule has 0 saturated carbocycles. The van der Waals surface area contributed by atoms with Gasteiger partial charge in [-0.05, 0) is 62.6 Å². The molecule has 2 rings (SSSR count). The molecule has 0 radical (unpaired) electrons. The second kappa shape index (κ2) is 6.44. The molecular formula is C18H21NO2. The minimum absolute atomic E-state index is 0.151. The molecule has 110 valence electrons. The van der Waals surface area contributed by atoms with Crippen LogP contribution in [0.4, 0.5) is 5.69 Å². The Morgan fingerprint density at radius 1 is 1.00 bits per heavy atom. The van der Waals surface area contributed by atoms with Gasteiger partial charge in [-0.15, -0.1) is 0 Å². The summed E-state index contributed by atoms with van der Waals surface area (Å²) < 4.78 is 5.72. The van der Waals surface area contributed by atoms with E-state index in [1.54, 1.807) is 6.92 Å². The molecule has 2 aromatic carbocycles. The van der Waals surface area contributed by atoms with Crippen LogP contribution in [-0.4, -0.2) is 12.0 Å². The van der Waals surface area contributed by atoms with Crippen molar-refractivity contribution in [1.82, 2.24) is 0 Å². The van der Waals surface area contributed by atoms with Crippen LogP contribution in [0, 0.1) is 20.8 Å². The highest BCUT2D eigenvalue weighted by Gasteiger charge is 2.15. The Morgan fingerprint density at radius 2 is 1.71 bits per heavy atom.